The summed E-state index contributed by atoms with van der Waals surface area (Å²) in [5.74, 6) is -1.32. The van der Waals surface area contributed by atoms with Crippen LogP contribution in [-0.2, 0) is 0 Å². The van der Waals surface area contributed by atoms with Gasteiger partial charge in [-0.1, -0.05) is 0 Å². The lowest BCUT2D eigenvalue weighted by Crippen LogP contribution is -2.51. The maximum Gasteiger partial charge on any atom is 0.270 e. The van der Waals surface area contributed by atoms with Gasteiger partial charge in [-0.3, -0.25) is 4.79 Å². The first kappa shape index (κ1) is 20.6. The van der Waals surface area contributed by atoms with Crippen LogP contribution in [0.15, 0.2) is 30.5 Å². The lowest BCUT2D eigenvalue weighted by molar-refractivity contribution is -0.0350. The van der Waals surface area contributed by atoms with Crippen molar-refractivity contribution in [3.05, 3.63) is 53.6 Å². The van der Waals surface area contributed by atoms with E-state index in [1.54, 1.807) is 11.8 Å². The molecule has 1 amide bonds. The molecule has 1 aliphatic heterocycles. The first-order valence-electron chi connectivity index (χ1n) is 9.95. The molecule has 2 aromatic rings. The number of aromatic nitrogens is 2. The Balaban J connectivity index is 1.52. The summed E-state index contributed by atoms with van der Waals surface area (Å²) >= 11 is 0. The summed E-state index contributed by atoms with van der Waals surface area (Å²) in [6.07, 6.45) is 1.44. The average molecular weight is 418 g/mol. The summed E-state index contributed by atoms with van der Waals surface area (Å²) < 4.78 is 27.3. The van der Waals surface area contributed by atoms with Crippen LogP contribution in [0.5, 0.6) is 0 Å². The van der Waals surface area contributed by atoms with Crippen molar-refractivity contribution in [3.63, 3.8) is 0 Å². The van der Waals surface area contributed by atoms with Crippen LogP contribution < -0.4 is 10.2 Å². The lowest BCUT2D eigenvalue weighted by Gasteiger charge is -2.43. The summed E-state index contributed by atoms with van der Waals surface area (Å²) in [6.45, 7) is 2.08. The maximum atomic E-state index is 13.7. The highest BCUT2D eigenvalue weighted by atomic mass is 19.1. The van der Waals surface area contributed by atoms with Crippen molar-refractivity contribution in [3.8, 4) is 0 Å². The molecule has 9 heteroatoms. The first-order chi connectivity index (χ1) is 14.3. The third-order valence-electron chi connectivity index (χ3n) is 6.07. The van der Waals surface area contributed by atoms with Gasteiger partial charge in [-0.25, -0.2) is 18.7 Å². The minimum atomic E-state index is -1.03. The molecule has 0 radical (unpaired) electrons. The number of hydrogen-bond acceptors (Lipinski definition) is 6. The van der Waals surface area contributed by atoms with E-state index in [1.807, 2.05) is 0 Å². The maximum absolute atomic E-state index is 13.7. The molecule has 1 saturated carbocycles. The normalized spacial score (nSPS) is 28.7. The van der Waals surface area contributed by atoms with Gasteiger partial charge < -0.3 is 20.4 Å². The summed E-state index contributed by atoms with van der Waals surface area (Å²) in [4.78, 5) is 22.2. The molecular formula is C21H24F2N4O3. The number of aryl methyl sites for hydroxylation is 1. The fraction of sp³-hybridized carbons (Fsp3) is 0.476. The van der Waals surface area contributed by atoms with Crippen molar-refractivity contribution in [2.24, 2.45) is 5.41 Å². The molecule has 4 atom stereocenters. The fourth-order valence-corrected chi connectivity index (χ4v) is 4.81. The molecule has 1 saturated heterocycles. The largest absolute Gasteiger partial charge is 0.393 e. The summed E-state index contributed by atoms with van der Waals surface area (Å²) in [6, 6.07) is 4.30. The van der Waals surface area contributed by atoms with Gasteiger partial charge in [-0.05, 0) is 50.8 Å². The Morgan fingerprint density at radius 3 is 2.67 bits per heavy atom. The number of halogens is 2. The number of amides is 1. The second-order valence-electron chi connectivity index (χ2n) is 8.26. The van der Waals surface area contributed by atoms with Crippen molar-refractivity contribution < 1.29 is 23.8 Å². The predicted molar refractivity (Wildman–Crippen MR) is 105 cm³/mol. The molecule has 1 aromatic heterocycles. The van der Waals surface area contributed by atoms with Gasteiger partial charge in [0.2, 0.25) is 0 Å². The van der Waals surface area contributed by atoms with E-state index in [0.29, 0.717) is 38.1 Å². The Hall–Kier alpha value is -2.65. The van der Waals surface area contributed by atoms with Gasteiger partial charge >= 0.3 is 0 Å². The van der Waals surface area contributed by atoms with E-state index in [0.717, 1.165) is 6.07 Å². The van der Waals surface area contributed by atoms with E-state index in [4.69, 9.17) is 0 Å². The number of aliphatic hydroxyl groups excluding tert-OH is 2. The van der Waals surface area contributed by atoms with Gasteiger partial charge in [0.25, 0.3) is 5.91 Å². The van der Waals surface area contributed by atoms with Crippen LogP contribution in [0.1, 0.15) is 42.0 Å². The van der Waals surface area contributed by atoms with E-state index in [-0.39, 0.29) is 23.3 Å². The third kappa shape index (κ3) is 3.99. The molecule has 2 aliphatic rings. The Bertz CT molecular complexity index is 939. The van der Waals surface area contributed by atoms with Crippen molar-refractivity contribution in [1.82, 2.24) is 15.3 Å². The lowest BCUT2D eigenvalue weighted by atomic mass is 9.69. The van der Waals surface area contributed by atoms with Gasteiger partial charge in [0.15, 0.2) is 0 Å². The second kappa shape index (κ2) is 7.88. The molecular weight excluding hydrogens is 394 g/mol. The van der Waals surface area contributed by atoms with Gasteiger partial charge in [0, 0.05) is 36.0 Å². The van der Waals surface area contributed by atoms with Gasteiger partial charge in [0.1, 0.15) is 29.4 Å². The number of carbonyl (C=O) groups excluding carboxylic acids is 1. The molecule has 3 N–H and O–H groups in total. The zero-order valence-electron chi connectivity index (χ0n) is 16.6. The van der Waals surface area contributed by atoms with E-state index in [9.17, 15) is 23.8 Å². The van der Waals surface area contributed by atoms with E-state index in [2.05, 4.69) is 15.3 Å². The number of nitrogens with one attached hydrogen (secondary N) is 1. The Labute approximate surface area is 172 Å². The Morgan fingerprint density at radius 2 is 1.97 bits per heavy atom. The standard InChI is InChI=1S/C21H24F2N4O3/c1-12-24-4-2-18(25-12)19(29)26-15-9-17(28)11-21(10-15)3-5-27(20(21)30)16-7-13(22)6-14(23)8-16/h2,4,6-8,15,17,20,28,30H,3,5,9-11H2,1H3,(H,26,29). The van der Waals surface area contributed by atoms with Crippen molar-refractivity contribution in [2.75, 3.05) is 11.4 Å². The quantitative estimate of drug-likeness (QED) is 0.705. The molecule has 4 rings (SSSR count). The highest BCUT2D eigenvalue weighted by molar-refractivity contribution is 5.92. The van der Waals surface area contributed by atoms with Crippen LogP contribution >= 0.6 is 0 Å². The average Bonchev–Trinajstić information content (AvgIpc) is 2.96. The zero-order valence-corrected chi connectivity index (χ0v) is 16.6. The highest BCUT2D eigenvalue weighted by Crippen LogP contribution is 2.48. The SMILES string of the molecule is Cc1nccc(C(=O)NC2CC(O)CC3(CCN(c4cc(F)cc(F)c4)C3O)C2)n1. The van der Waals surface area contributed by atoms with Crippen LogP contribution in [-0.4, -0.2) is 51.0 Å². The van der Waals surface area contributed by atoms with Crippen LogP contribution in [0, 0.1) is 24.0 Å². The topological polar surface area (TPSA) is 98.6 Å². The van der Waals surface area contributed by atoms with Crippen LogP contribution in [0.2, 0.25) is 0 Å². The third-order valence-corrected chi connectivity index (χ3v) is 6.07. The molecule has 1 aromatic carbocycles. The second-order valence-corrected chi connectivity index (χ2v) is 8.26. The van der Waals surface area contributed by atoms with E-state index < -0.39 is 29.4 Å². The minimum absolute atomic E-state index is 0.237. The van der Waals surface area contributed by atoms with Crippen molar-refractivity contribution >= 4 is 11.6 Å². The molecule has 1 spiro atoms. The van der Waals surface area contributed by atoms with Crippen LogP contribution in [0.25, 0.3) is 0 Å². The summed E-state index contributed by atoms with van der Waals surface area (Å²) in [5, 5.41) is 24.4. The Morgan fingerprint density at radius 1 is 1.23 bits per heavy atom. The molecule has 2 heterocycles. The number of hydrogen-bond donors (Lipinski definition) is 3. The molecule has 30 heavy (non-hydrogen) atoms. The van der Waals surface area contributed by atoms with Crippen molar-refractivity contribution in [2.45, 2.75) is 51.0 Å². The fourth-order valence-electron chi connectivity index (χ4n) is 4.81. The number of aliphatic hydroxyl groups is 2. The van der Waals surface area contributed by atoms with Crippen LogP contribution in [0.4, 0.5) is 14.5 Å². The smallest absolute Gasteiger partial charge is 0.270 e. The summed E-state index contributed by atoms with van der Waals surface area (Å²) in [5.41, 5.74) is -0.200. The number of carbonyl (C=O) groups is 1. The predicted octanol–water partition coefficient (Wildman–Crippen LogP) is 1.92. The zero-order chi connectivity index (χ0) is 21.5. The van der Waals surface area contributed by atoms with E-state index >= 15 is 0 Å². The minimum Gasteiger partial charge on any atom is -0.393 e. The molecule has 160 valence electrons. The van der Waals surface area contributed by atoms with Gasteiger partial charge in [-0.2, -0.15) is 0 Å². The Kier molecular flexibility index (Phi) is 5.42. The van der Waals surface area contributed by atoms with Gasteiger partial charge in [-0.15, -0.1) is 0 Å². The number of rotatable bonds is 3. The van der Waals surface area contributed by atoms with Crippen molar-refractivity contribution in [1.29, 1.82) is 0 Å². The molecule has 1 aliphatic carbocycles. The molecule has 2 fully saturated rings. The molecule has 4 unspecified atom stereocenters. The van der Waals surface area contributed by atoms with Crippen LogP contribution in [0.3, 0.4) is 0 Å². The number of benzene rings is 1. The monoisotopic (exact) mass is 418 g/mol. The number of anilines is 1. The van der Waals surface area contributed by atoms with Gasteiger partial charge in [0.05, 0.1) is 6.10 Å². The molecule has 0 bridgehead atoms. The molecule has 7 nitrogen and oxygen atoms in total. The van der Waals surface area contributed by atoms with E-state index in [1.165, 1.54) is 24.4 Å². The summed E-state index contributed by atoms with van der Waals surface area (Å²) in [7, 11) is 0. The highest BCUT2D eigenvalue weighted by Gasteiger charge is 2.51. The number of nitrogens with zero attached hydrogens (tertiary/aromatic N) is 3. The first-order valence-corrected chi connectivity index (χ1v) is 9.95.